The van der Waals surface area contributed by atoms with Crippen LogP contribution < -0.4 is 9.64 Å². The Morgan fingerprint density at radius 3 is 2.51 bits per heavy atom. The third kappa shape index (κ3) is 6.05. The second-order valence-corrected chi connectivity index (χ2v) is 12.8. The van der Waals surface area contributed by atoms with Crippen LogP contribution in [0, 0.1) is 11.3 Å². The van der Waals surface area contributed by atoms with Gasteiger partial charge in [-0.15, -0.1) is 0 Å². The van der Waals surface area contributed by atoms with Crippen LogP contribution in [0.1, 0.15) is 37.8 Å². The Balaban J connectivity index is 1.33. The molecule has 0 spiro atoms. The van der Waals surface area contributed by atoms with Crippen LogP contribution in [0.4, 0.5) is 5.82 Å². The predicted octanol–water partition coefficient (Wildman–Crippen LogP) is 4.00. The van der Waals surface area contributed by atoms with Crippen molar-refractivity contribution in [3.05, 3.63) is 78.2 Å². The number of benzene rings is 1. The number of rotatable bonds is 8. The first-order chi connectivity index (χ1) is 18.6. The van der Waals surface area contributed by atoms with E-state index in [2.05, 4.69) is 21.1 Å². The summed E-state index contributed by atoms with van der Waals surface area (Å²) >= 11 is 0. The Labute approximate surface area is 228 Å². The molecule has 39 heavy (non-hydrogen) atoms. The summed E-state index contributed by atoms with van der Waals surface area (Å²) in [4.78, 5) is 6.79. The molecular formula is C29H31N5O4S. The van der Waals surface area contributed by atoms with Gasteiger partial charge in [-0.3, -0.25) is 0 Å². The van der Waals surface area contributed by atoms with Crippen LogP contribution in [0.3, 0.4) is 0 Å². The second-order valence-electron chi connectivity index (χ2n) is 10.5. The molecular weight excluding hydrogens is 514 g/mol. The molecule has 0 atom stereocenters. The van der Waals surface area contributed by atoms with Crippen molar-refractivity contribution in [2.45, 2.75) is 43.3 Å². The Hall–Kier alpha value is -3.94. The van der Waals surface area contributed by atoms with E-state index >= 15 is 0 Å². The number of ether oxygens (including phenoxy) is 1. The maximum Gasteiger partial charge on any atom is 0.157 e. The Morgan fingerprint density at radius 2 is 1.87 bits per heavy atom. The number of fused-ring (bicyclic) bond motifs is 1. The molecule has 0 amide bonds. The van der Waals surface area contributed by atoms with Crippen molar-refractivity contribution in [2.75, 3.05) is 24.6 Å². The summed E-state index contributed by atoms with van der Waals surface area (Å²) in [7, 11) is -3.23. The number of hydrogen-bond donors (Lipinski definition) is 1. The highest BCUT2D eigenvalue weighted by Crippen LogP contribution is 2.32. The summed E-state index contributed by atoms with van der Waals surface area (Å²) in [6, 6.07) is 17.2. The highest BCUT2D eigenvalue weighted by atomic mass is 32.2. The Morgan fingerprint density at radius 1 is 1.13 bits per heavy atom. The smallest absolute Gasteiger partial charge is 0.157 e. The van der Waals surface area contributed by atoms with E-state index in [1.807, 2.05) is 48.5 Å². The zero-order chi connectivity index (χ0) is 27.6. The summed E-state index contributed by atoms with van der Waals surface area (Å²) < 4.78 is 33.4. The van der Waals surface area contributed by atoms with E-state index in [0.717, 1.165) is 22.5 Å². The van der Waals surface area contributed by atoms with Crippen LogP contribution in [0.25, 0.3) is 16.6 Å². The average molecular weight is 546 g/mol. The number of aliphatic hydroxyl groups is 1. The van der Waals surface area contributed by atoms with Crippen molar-refractivity contribution in [1.29, 1.82) is 5.26 Å². The maximum absolute atomic E-state index is 13.0. The van der Waals surface area contributed by atoms with E-state index in [-0.39, 0.29) is 17.6 Å². The predicted molar refractivity (Wildman–Crippen MR) is 149 cm³/mol. The van der Waals surface area contributed by atoms with Crippen LogP contribution in [0.2, 0.25) is 0 Å². The van der Waals surface area contributed by atoms with Crippen LogP contribution in [-0.4, -0.2) is 58.7 Å². The van der Waals surface area contributed by atoms with Gasteiger partial charge in [0.25, 0.3) is 0 Å². The number of aromatic nitrogens is 3. The van der Waals surface area contributed by atoms with Gasteiger partial charge in [-0.1, -0.05) is 30.3 Å². The third-order valence-corrected chi connectivity index (χ3v) is 9.07. The summed E-state index contributed by atoms with van der Waals surface area (Å²) in [5.74, 6) is 1.35. The molecule has 1 fully saturated rings. The van der Waals surface area contributed by atoms with Gasteiger partial charge in [0.15, 0.2) is 9.84 Å². The van der Waals surface area contributed by atoms with Crippen LogP contribution in [-0.2, 0) is 15.6 Å². The summed E-state index contributed by atoms with van der Waals surface area (Å²) in [6.45, 7) is 4.64. The Bertz CT molecular complexity index is 1600. The van der Waals surface area contributed by atoms with Gasteiger partial charge in [0.1, 0.15) is 24.2 Å². The zero-order valence-electron chi connectivity index (χ0n) is 22.0. The first-order valence-electron chi connectivity index (χ1n) is 12.9. The molecule has 1 aliphatic heterocycles. The highest BCUT2D eigenvalue weighted by Gasteiger charge is 2.30. The molecule has 1 N–H and O–H groups in total. The third-order valence-electron chi connectivity index (χ3n) is 6.84. The standard InChI is InChI=1S/C29H31N5O4S/c1-29(2,35)20-38-24-14-26(28-23(15-30)17-32-34(28)18-24)22-8-9-27(31-16-22)33-12-10-25(11-13-33)39(36,37)19-21-6-4-3-5-7-21/h3-9,14,16-18,25,35H,10-13,19-20H2,1-2H3. The number of nitriles is 1. The van der Waals surface area contributed by atoms with Crippen LogP contribution in [0.15, 0.2) is 67.1 Å². The first-order valence-corrected chi connectivity index (χ1v) is 14.6. The fourth-order valence-electron chi connectivity index (χ4n) is 4.84. The molecule has 1 aromatic carbocycles. The van der Waals surface area contributed by atoms with Gasteiger partial charge in [0.2, 0.25) is 0 Å². The summed E-state index contributed by atoms with van der Waals surface area (Å²) in [5, 5.41) is 23.6. The summed E-state index contributed by atoms with van der Waals surface area (Å²) in [6.07, 6.45) is 6.05. The van der Waals surface area contributed by atoms with E-state index in [9.17, 15) is 18.8 Å². The van der Waals surface area contributed by atoms with E-state index in [0.29, 0.717) is 42.8 Å². The molecule has 1 saturated heterocycles. The topological polar surface area (TPSA) is 121 Å². The molecule has 0 aliphatic carbocycles. The fraction of sp³-hybridized carbons (Fsp3) is 0.345. The largest absolute Gasteiger partial charge is 0.489 e. The molecule has 10 heteroatoms. The van der Waals surface area contributed by atoms with Crippen molar-refractivity contribution in [1.82, 2.24) is 14.6 Å². The molecule has 0 saturated carbocycles. The number of anilines is 1. The first kappa shape index (κ1) is 26.7. The number of nitrogens with zero attached hydrogens (tertiary/aromatic N) is 5. The van der Waals surface area contributed by atoms with E-state index < -0.39 is 15.4 Å². The average Bonchev–Trinajstić information content (AvgIpc) is 3.35. The van der Waals surface area contributed by atoms with E-state index in [1.54, 1.807) is 30.8 Å². The van der Waals surface area contributed by atoms with Crippen molar-refractivity contribution >= 4 is 21.2 Å². The van der Waals surface area contributed by atoms with Gasteiger partial charge in [0.05, 0.1) is 40.1 Å². The molecule has 9 nitrogen and oxygen atoms in total. The lowest BCUT2D eigenvalue weighted by atomic mass is 10.0. The number of sulfone groups is 1. The SMILES string of the molecule is CC(C)(O)COc1cc(-c2ccc(N3CCC(S(=O)(=O)Cc4ccccc4)CC3)nc2)c2c(C#N)cnn2c1. The molecule has 1 aliphatic rings. The lowest BCUT2D eigenvalue weighted by Gasteiger charge is -2.32. The molecule has 0 bridgehead atoms. The minimum Gasteiger partial charge on any atom is -0.489 e. The van der Waals surface area contributed by atoms with Crippen molar-refractivity contribution in [3.8, 4) is 22.9 Å². The van der Waals surface area contributed by atoms with Crippen molar-refractivity contribution < 1.29 is 18.3 Å². The van der Waals surface area contributed by atoms with Crippen molar-refractivity contribution in [3.63, 3.8) is 0 Å². The fourth-order valence-corrected chi connectivity index (χ4v) is 6.66. The van der Waals surface area contributed by atoms with E-state index in [1.165, 1.54) is 6.20 Å². The van der Waals surface area contributed by atoms with Gasteiger partial charge in [-0.2, -0.15) is 10.4 Å². The molecule has 3 aromatic heterocycles. The molecule has 0 radical (unpaired) electrons. The lowest BCUT2D eigenvalue weighted by molar-refractivity contribution is 0.0283. The summed E-state index contributed by atoms with van der Waals surface area (Å²) in [5.41, 5.74) is 2.42. The van der Waals surface area contributed by atoms with Gasteiger partial charge in [-0.05, 0) is 50.5 Å². The molecule has 0 unspecified atom stereocenters. The van der Waals surface area contributed by atoms with Gasteiger partial charge < -0.3 is 14.7 Å². The number of pyridine rings is 2. The second kappa shape index (κ2) is 10.7. The maximum atomic E-state index is 13.0. The number of hydrogen-bond acceptors (Lipinski definition) is 8. The minimum absolute atomic E-state index is 0.0672. The lowest BCUT2D eigenvalue weighted by Crippen LogP contribution is -2.40. The Kier molecular flexibility index (Phi) is 7.30. The molecule has 5 rings (SSSR count). The molecule has 4 heterocycles. The molecule has 202 valence electrons. The highest BCUT2D eigenvalue weighted by molar-refractivity contribution is 7.91. The van der Waals surface area contributed by atoms with Gasteiger partial charge >= 0.3 is 0 Å². The van der Waals surface area contributed by atoms with Crippen LogP contribution >= 0.6 is 0 Å². The minimum atomic E-state index is -3.23. The monoisotopic (exact) mass is 545 g/mol. The number of piperidine rings is 1. The van der Waals surface area contributed by atoms with Crippen molar-refractivity contribution in [2.24, 2.45) is 0 Å². The quantitative estimate of drug-likeness (QED) is 0.353. The zero-order valence-corrected chi connectivity index (χ0v) is 22.8. The molecule has 4 aromatic rings. The normalized spacial score (nSPS) is 14.9. The van der Waals surface area contributed by atoms with Crippen LogP contribution in [0.5, 0.6) is 5.75 Å². The van der Waals surface area contributed by atoms with Gasteiger partial charge in [-0.25, -0.2) is 17.9 Å². The van der Waals surface area contributed by atoms with E-state index in [4.69, 9.17) is 4.74 Å². The van der Waals surface area contributed by atoms with Gasteiger partial charge in [0, 0.05) is 30.4 Å².